The van der Waals surface area contributed by atoms with Crippen LogP contribution in [0.3, 0.4) is 0 Å². The lowest BCUT2D eigenvalue weighted by atomic mass is 9.89. The SMILES string of the molecule is C#CCOCCC(=O)C(C)(C)C. The van der Waals surface area contributed by atoms with Gasteiger partial charge in [0.05, 0.1) is 6.61 Å². The van der Waals surface area contributed by atoms with Gasteiger partial charge in [0, 0.05) is 11.8 Å². The van der Waals surface area contributed by atoms with Gasteiger partial charge in [-0.1, -0.05) is 26.7 Å². The first kappa shape index (κ1) is 11.2. The standard InChI is InChI=1S/C10H16O2/c1-5-7-12-8-6-9(11)10(2,3)4/h1H,6-8H2,2-4H3. The molecule has 0 aromatic rings. The number of hydrogen-bond donors (Lipinski definition) is 0. The Morgan fingerprint density at radius 2 is 2.08 bits per heavy atom. The molecule has 0 radical (unpaired) electrons. The maximum Gasteiger partial charge on any atom is 0.140 e. The highest BCUT2D eigenvalue weighted by molar-refractivity contribution is 5.83. The molecule has 0 aromatic carbocycles. The van der Waals surface area contributed by atoms with Gasteiger partial charge in [-0.05, 0) is 0 Å². The van der Waals surface area contributed by atoms with E-state index in [4.69, 9.17) is 11.2 Å². The van der Waals surface area contributed by atoms with Crippen molar-refractivity contribution in [1.29, 1.82) is 0 Å². The fourth-order valence-electron chi connectivity index (χ4n) is 0.671. The van der Waals surface area contributed by atoms with Crippen molar-refractivity contribution in [3.8, 4) is 12.3 Å². The van der Waals surface area contributed by atoms with Crippen LogP contribution in [-0.4, -0.2) is 19.0 Å². The average molecular weight is 168 g/mol. The van der Waals surface area contributed by atoms with E-state index in [0.717, 1.165) is 0 Å². The van der Waals surface area contributed by atoms with Crippen molar-refractivity contribution in [3.05, 3.63) is 0 Å². The second kappa shape index (κ2) is 4.95. The number of Topliss-reactive ketones (excluding diaryl/α,β-unsaturated/α-hetero) is 1. The van der Waals surface area contributed by atoms with Gasteiger partial charge in [-0.3, -0.25) is 4.79 Å². The van der Waals surface area contributed by atoms with Crippen molar-refractivity contribution in [2.24, 2.45) is 5.41 Å². The Balaban J connectivity index is 3.53. The number of terminal acetylenes is 1. The largest absolute Gasteiger partial charge is 0.368 e. The summed E-state index contributed by atoms with van der Waals surface area (Å²) in [5, 5.41) is 0. The van der Waals surface area contributed by atoms with Gasteiger partial charge in [-0.15, -0.1) is 6.42 Å². The quantitative estimate of drug-likeness (QED) is 0.471. The van der Waals surface area contributed by atoms with Crippen LogP contribution >= 0.6 is 0 Å². The Hall–Kier alpha value is -0.810. The molecule has 0 aliphatic heterocycles. The van der Waals surface area contributed by atoms with Crippen LogP contribution in [-0.2, 0) is 9.53 Å². The van der Waals surface area contributed by atoms with Gasteiger partial charge >= 0.3 is 0 Å². The maximum absolute atomic E-state index is 11.3. The van der Waals surface area contributed by atoms with Crippen LogP contribution in [0.25, 0.3) is 0 Å². The molecule has 0 N–H and O–H groups in total. The molecule has 0 bridgehead atoms. The van der Waals surface area contributed by atoms with Gasteiger partial charge in [-0.25, -0.2) is 0 Å². The summed E-state index contributed by atoms with van der Waals surface area (Å²) in [6.07, 6.45) is 5.42. The van der Waals surface area contributed by atoms with E-state index in [9.17, 15) is 4.79 Å². The number of carbonyl (C=O) groups is 1. The Kier molecular flexibility index (Phi) is 4.61. The number of carbonyl (C=O) groups excluding carboxylic acids is 1. The normalized spacial score (nSPS) is 10.8. The summed E-state index contributed by atoms with van der Waals surface area (Å²) in [5.41, 5.74) is -0.264. The van der Waals surface area contributed by atoms with Crippen molar-refractivity contribution < 1.29 is 9.53 Å². The van der Waals surface area contributed by atoms with Crippen LogP contribution < -0.4 is 0 Å². The summed E-state index contributed by atoms with van der Waals surface area (Å²) in [7, 11) is 0. The zero-order valence-electron chi connectivity index (χ0n) is 8.02. The van der Waals surface area contributed by atoms with Crippen molar-refractivity contribution in [3.63, 3.8) is 0 Å². The zero-order valence-corrected chi connectivity index (χ0v) is 8.02. The van der Waals surface area contributed by atoms with Crippen LogP contribution in [0.4, 0.5) is 0 Å². The van der Waals surface area contributed by atoms with Gasteiger partial charge in [-0.2, -0.15) is 0 Å². The molecule has 0 saturated heterocycles. The Bertz CT molecular complexity index is 181. The molecule has 68 valence electrons. The van der Waals surface area contributed by atoms with Crippen LogP contribution in [0.1, 0.15) is 27.2 Å². The lowest BCUT2D eigenvalue weighted by molar-refractivity contribution is -0.127. The minimum atomic E-state index is -0.264. The predicted octanol–water partition coefficient (Wildman–Crippen LogP) is 1.64. The number of hydrogen-bond acceptors (Lipinski definition) is 2. The third-order valence-corrected chi connectivity index (χ3v) is 1.50. The highest BCUT2D eigenvalue weighted by Gasteiger charge is 2.19. The van der Waals surface area contributed by atoms with E-state index in [2.05, 4.69) is 5.92 Å². The van der Waals surface area contributed by atoms with Crippen LogP contribution in [0.15, 0.2) is 0 Å². The van der Waals surface area contributed by atoms with Gasteiger partial charge in [0.1, 0.15) is 12.4 Å². The molecular weight excluding hydrogens is 152 g/mol. The predicted molar refractivity (Wildman–Crippen MR) is 48.7 cm³/mol. The molecule has 0 heterocycles. The lowest BCUT2D eigenvalue weighted by Crippen LogP contribution is -2.21. The molecule has 0 aliphatic rings. The van der Waals surface area contributed by atoms with Crippen molar-refractivity contribution >= 4 is 5.78 Å². The molecule has 0 spiro atoms. The molecule has 12 heavy (non-hydrogen) atoms. The van der Waals surface area contributed by atoms with Crippen LogP contribution in [0.5, 0.6) is 0 Å². The summed E-state index contributed by atoms with van der Waals surface area (Å²) in [6.45, 7) is 6.42. The van der Waals surface area contributed by atoms with E-state index in [-0.39, 0.29) is 17.8 Å². The first-order valence-corrected chi connectivity index (χ1v) is 4.03. The van der Waals surface area contributed by atoms with E-state index in [1.54, 1.807) is 0 Å². The molecule has 0 rings (SSSR count). The highest BCUT2D eigenvalue weighted by Crippen LogP contribution is 2.16. The number of ketones is 1. The molecule has 0 unspecified atom stereocenters. The van der Waals surface area contributed by atoms with Crippen LogP contribution in [0, 0.1) is 17.8 Å². The molecule has 0 aromatic heterocycles. The summed E-state index contributed by atoms with van der Waals surface area (Å²) >= 11 is 0. The average Bonchev–Trinajstić information content (AvgIpc) is 1.96. The lowest BCUT2D eigenvalue weighted by Gasteiger charge is -2.15. The molecule has 2 nitrogen and oxygen atoms in total. The molecule has 0 amide bonds. The smallest absolute Gasteiger partial charge is 0.140 e. The summed E-state index contributed by atoms with van der Waals surface area (Å²) in [5.74, 6) is 2.55. The molecule has 2 heteroatoms. The minimum absolute atomic E-state index is 0.208. The van der Waals surface area contributed by atoms with E-state index in [1.165, 1.54) is 0 Å². The second-order valence-corrected chi connectivity index (χ2v) is 3.68. The first-order chi connectivity index (χ1) is 5.48. The first-order valence-electron chi connectivity index (χ1n) is 4.03. The van der Waals surface area contributed by atoms with E-state index >= 15 is 0 Å². The fourth-order valence-corrected chi connectivity index (χ4v) is 0.671. The maximum atomic E-state index is 11.3. The summed E-state index contributed by atoms with van der Waals surface area (Å²) in [4.78, 5) is 11.3. The third-order valence-electron chi connectivity index (χ3n) is 1.50. The van der Waals surface area contributed by atoms with Crippen LogP contribution in [0.2, 0.25) is 0 Å². The molecule has 0 atom stereocenters. The Morgan fingerprint density at radius 1 is 1.50 bits per heavy atom. The molecule has 0 saturated carbocycles. The highest BCUT2D eigenvalue weighted by atomic mass is 16.5. The van der Waals surface area contributed by atoms with E-state index in [1.807, 2.05) is 20.8 Å². The van der Waals surface area contributed by atoms with E-state index < -0.39 is 0 Å². The number of ether oxygens (including phenoxy) is 1. The van der Waals surface area contributed by atoms with Crippen molar-refractivity contribution in [2.45, 2.75) is 27.2 Å². The van der Waals surface area contributed by atoms with Crippen molar-refractivity contribution in [1.82, 2.24) is 0 Å². The molecular formula is C10H16O2. The fraction of sp³-hybridized carbons (Fsp3) is 0.700. The molecule has 0 aliphatic carbocycles. The van der Waals surface area contributed by atoms with E-state index in [0.29, 0.717) is 13.0 Å². The number of rotatable bonds is 4. The summed E-state index contributed by atoms with van der Waals surface area (Å²) in [6, 6.07) is 0. The monoisotopic (exact) mass is 168 g/mol. The Labute approximate surface area is 74.3 Å². The minimum Gasteiger partial charge on any atom is -0.368 e. The topological polar surface area (TPSA) is 26.3 Å². The third kappa shape index (κ3) is 4.92. The van der Waals surface area contributed by atoms with Gasteiger partial charge in [0.15, 0.2) is 0 Å². The zero-order chi connectivity index (χ0) is 9.61. The second-order valence-electron chi connectivity index (χ2n) is 3.68. The van der Waals surface area contributed by atoms with Gasteiger partial charge in [0.25, 0.3) is 0 Å². The van der Waals surface area contributed by atoms with Crippen molar-refractivity contribution in [2.75, 3.05) is 13.2 Å². The van der Waals surface area contributed by atoms with Gasteiger partial charge in [0.2, 0.25) is 0 Å². The molecule has 0 fully saturated rings. The Morgan fingerprint density at radius 3 is 2.50 bits per heavy atom. The van der Waals surface area contributed by atoms with Gasteiger partial charge < -0.3 is 4.74 Å². The summed E-state index contributed by atoms with van der Waals surface area (Å²) < 4.78 is 4.99.